The van der Waals surface area contributed by atoms with E-state index in [0.29, 0.717) is 13.2 Å². The van der Waals surface area contributed by atoms with Gasteiger partial charge in [0.05, 0.1) is 12.2 Å². The Morgan fingerprint density at radius 1 is 1.14 bits per heavy atom. The smallest absolute Gasteiger partial charge is 0.319 e. The Labute approximate surface area is 139 Å². The van der Waals surface area contributed by atoms with Gasteiger partial charge in [-0.15, -0.1) is 0 Å². The first-order chi connectivity index (χ1) is 10.6. The number of nitrogens with one attached hydrogen (secondary N) is 2. The lowest BCUT2D eigenvalue weighted by Crippen LogP contribution is -2.32. The van der Waals surface area contributed by atoms with Crippen LogP contribution >= 0.6 is 15.9 Å². The molecule has 0 unspecified atom stereocenters. The number of ether oxygens (including phenoxy) is 1. The van der Waals surface area contributed by atoms with Gasteiger partial charge in [-0.05, 0) is 59.1 Å². The fourth-order valence-corrected chi connectivity index (χ4v) is 2.32. The minimum absolute atomic E-state index is 0.253. The molecule has 4 nitrogen and oxygen atoms in total. The number of para-hydroxylation sites is 1. The molecule has 22 heavy (non-hydrogen) atoms. The van der Waals surface area contributed by atoms with E-state index in [4.69, 9.17) is 4.74 Å². The molecule has 0 bridgehead atoms. The molecular weight excluding hydrogens is 344 g/mol. The molecule has 0 aromatic heterocycles. The molecule has 2 rings (SSSR count). The molecule has 116 valence electrons. The summed E-state index contributed by atoms with van der Waals surface area (Å²) in [5, 5.41) is 5.54. The Balaban J connectivity index is 1.76. The zero-order chi connectivity index (χ0) is 15.9. The van der Waals surface area contributed by atoms with Gasteiger partial charge < -0.3 is 15.4 Å². The molecule has 2 N–H and O–H groups in total. The quantitative estimate of drug-likeness (QED) is 0.780. The van der Waals surface area contributed by atoms with E-state index >= 15 is 0 Å². The van der Waals surface area contributed by atoms with E-state index in [2.05, 4.69) is 26.6 Å². The van der Waals surface area contributed by atoms with Gasteiger partial charge in [-0.25, -0.2) is 4.79 Å². The Kier molecular flexibility index (Phi) is 5.83. The maximum absolute atomic E-state index is 11.8. The summed E-state index contributed by atoms with van der Waals surface area (Å²) in [6, 6.07) is 13.2. The normalized spacial score (nSPS) is 10.1. The fraction of sp³-hybridized carbons (Fsp3) is 0.235. The molecule has 0 radical (unpaired) electrons. The lowest BCUT2D eigenvalue weighted by Gasteiger charge is -2.12. The predicted octanol–water partition coefficient (Wildman–Crippen LogP) is 4.27. The van der Waals surface area contributed by atoms with Crippen LogP contribution in [0.1, 0.15) is 11.1 Å². The number of urea groups is 1. The third-order valence-electron chi connectivity index (χ3n) is 3.32. The summed E-state index contributed by atoms with van der Waals surface area (Å²) >= 11 is 3.38. The molecule has 0 aliphatic rings. The molecular formula is C17H19BrN2O2. The summed E-state index contributed by atoms with van der Waals surface area (Å²) in [5.74, 6) is 0.855. The maximum atomic E-state index is 11.8. The number of benzene rings is 2. The van der Waals surface area contributed by atoms with E-state index in [1.54, 1.807) is 0 Å². The molecule has 2 amide bonds. The van der Waals surface area contributed by atoms with Gasteiger partial charge in [-0.2, -0.15) is 0 Å². The van der Waals surface area contributed by atoms with Crippen LogP contribution in [0.4, 0.5) is 10.5 Å². The highest BCUT2D eigenvalue weighted by atomic mass is 79.9. The van der Waals surface area contributed by atoms with Crippen molar-refractivity contribution < 1.29 is 9.53 Å². The van der Waals surface area contributed by atoms with Crippen molar-refractivity contribution in [3.05, 3.63) is 58.1 Å². The van der Waals surface area contributed by atoms with Crippen LogP contribution in [0.15, 0.2) is 46.9 Å². The van der Waals surface area contributed by atoms with Crippen molar-refractivity contribution in [2.45, 2.75) is 13.8 Å². The standard InChI is InChI=1S/C17H19BrN2O2/c1-12-6-5-9-16(13(12)2)22-11-10-19-17(21)20-15-8-4-3-7-14(15)18/h3-9H,10-11H2,1-2H3,(H2,19,20,21). The topological polar surface area (TPSA) is 50.4 Å². The lowest BCUT2D eigenvalue weighted by molar-refractivity contribution is 0.247. The number of carbonyl (C=O) groups excluding carboxylic acids is 1. The predicted molar refractivity (Wildman–Crippen MR) is 92.6 cm³/mol. The molecule has 0 saturated heterocycles. The van der Waals surface area contributed by atoms with E-state index in [1.165, 1.54) is 5.56 Å². The van der Waals surface area contributed by atoms with Crippen LogP contribution in [-0.2, 0) is 0 Å². The minimum Gasteiger partial charge on any atom is -0.491 e. The molecule has 2 aromatic rings. The van der Waals surface area contributed by atoms with Gasteiger partial charge in [0.25, 0.3) is 0 Å². The third-order valence-corrected chi connectivity index (χ3v) is 4.01. The molecule has 2 aromatic carbocycles. The summed E-state index contributed by atoms with van der Waals surface area (Å²) in [4.78, 5) is 11.8. The van der Waals surface area contributed by atoms with E-state index in [-0.39, 0.29) is 6.03 Å². The number of anilines is 1. The number of aryl methyl sites for hydroxylation is 1. The van der Waals surface area contributed by atoms with Crippen molar-refractivity contribution >= 4 is 27.6 Å². The van der Waals surface area contributed by atoms with Gasteiger partial charge in [0.2, 0.25) is 0 Å². The van der Waals surface area contributed by atoms with Crippen molar-refractivity contribution in [3.8, 4) is 5.75 Å². The summed E-state index contributed by atoms with van der Waals surface area (Å²) in [5.41, 5.74) is 3.05. The van der Waals surface area contributed by atoms with Gasteiger partial charge in [0.1, 0.15) is 12.4 Å². The molecule has 0 atom stereocenters. The number of halogens is 1. The van der Waals surface area contributed by atoms with Gasteiger partial charge in [-0.1, -0.05) is 24.3 Å². The van der Waals surface area contributed by atoms with E-state index in [1.807, 2.05) is 56.3 Å². The first-order valence-corrected chi connectivity index (χ1v) is 7.85. The zero-order valence-corrected chi connectivity index (χ0v) is 14.2. The van der Waals surface area contributed by atoms with Crippen LogP contribution in [0.3, 0.4) is 0 Å². The zero-order valence-electron chi connectivity index (χ0n) is 12.7. The number of amides is 2. The van der Waals surface area contributed by atoms with Crippen LogP contribution in [0.25, 0.3) is 0 Å². The summed E-state index contributed by atoms with van der Waals surface area (Å²) in [7, 11) is 0. The molecule has 0 aliphatic heterocycles. The van der Waals surface area contributed by atoms with Gasteiger partial charge in [0, 0.05) is 4.47 Å². The van der Waals surface area contributed by atoms with Gasteiger partial charge >= 0.3 is 6.03 Å². The molecule has 0 spiro atoms. The van der Waals surface area contributed by atoms with E-state index < -0.39 is 0 Å². The Morgan fingerprint density at radius 3 is 2.68 bits per heavy atom. The average molecular weight is 363 g/mol. The van der Waals surface area contributed by atoms with E-state index in [0.717, 1.165) is 21.5 Å². The van der Waals surface area contributed by atoms with Crippen molar-refractivity contribution in [1.82, 2.24) is 5.32 Å². The van der Waals surface area contributed by atoms with Crippen LogP contribution in [0.2, 0.25) is 0 Å². The largest absolute Gasteiger partial charge is 0.491 e. The monoisotopic (exact) mass is 362 g/mol. The first kappa shape index (κ1) is 16.4. The van der Waals surface area contributed by atoms with Crippen LogP contribution in [0, 0.1) is 13.8 Å². The van der Waals surface area contributed by atoms with Crippen molar-refractivity contribution in [3.63, 3.8) is 0 Å². The Morgan fingerprint density at radius 2 is 1.91 bits per heavy atom. The number of carbonyl (C=O) groups is 1. The van der Waals surface area contributed by atoms with Crippen LogP contribution in [0.5, 0.6) is 5.75 Å². The maximum Gasteiger partial charge on any atom is 0.319 e. The SMILES string of the molecule is Cc1cccc(OCCNC(=O)Nc2ccccc2Br)c1C. The van der Waals surface area contributed by atoms with Gasteiger partial charge in [-0.3, -0.25) is 0 Å². The molecule has 5 heteroatoms. The Bertz CT molecular complexity index is 659. The van der Waals surface area contributed by atoms with Crippen molar-refractivity contribution in [1.29, 1.82) is 0 Å². The number of hydrogen-bond acceptors (Lipinski definition) is 2. The highest BCUT2D eigenvalue weighted by Crippen LogP contribution is 2.21. The highest BCUT2D eigenvalue weighted by molar-refractivity contribution is 9.10. The highest BCUT2D eigenvalue weighted by Gasteiger charge is 2.05. The van der Waals surface area contributed by atoms with Crippen molar-refractivity contribution in [2.75, 3.05) is 18.5 Å². The minimum atomic E-state index is -0.253. The van der Waals surface area contributed by atoms with Gasteiger partial charge in [0.15, 0.2) is 0 Å². The second-order valence-corrected chi connectivity index (χ2v) is 5.76. The fourth-order valence-electron chi connectivity index (χ4n) is 1.94. The summed E-state index contributed by atoms with van der Waals surface area (Å²) in [6.07, 6.45) is 0. The molecule has 0 aliphatic carbocycles. The van der Waals surface area contributed by atoms with Crippen molar-refractivity contribution in [2.24, 2.45) is 0 Å². The molecule has 0 fully saturated rings. The number of rotatable bonds is 5. The van der Waals surface area contributed by atoms with Crippen LogP contribution < -0.4 is 15.4 Å². The first-order valence-electron chi connectivity index (χ1n) is 7.06. The Hall–Kier alpha value is -2.01. The third kappa shape index (κ3) is 4.49. The average Bonchev–Trinajstić information content (AvgIpc) is 2.50. The second-order valence-electron chi connectivity index (χ2n) is 4.91. The molecule has 0 heterocycles. The summed E-state index contributed by atoms with van der Waals surface area (Å²) < 4.78 is 6.53. The lowest BCUT2D eigenvalue weighted by atomic mass is 10.1. The summed E-state index contributed by atoms with van der Waals surface area (Å²) in [6.45, 7) is 4.93. The number of hydrogen-bond donors (Lipinski definition) is 2. The van der Waals surface area contributed by atoms with E-state index in [9.17, 15) is 4.79 Å². The molecule has 0 saturated carbocycles. The van der Waals surface area contributed by atoms with Crippen LogP contribution in [-0.4, -0.2) is 19.2 Å². The second kappa shape index (κ2) is 7.84.